The first-order valence-electron chi connectivity index (χ1n) is 6.04. The molecule has 0 saturated carbocycles. The molecule has 0 atom stereocenters. The normalized spacial score (nSPS) is 11.0. The number of carbonyl (C=O) groups excluding carboxylic acids is 1. The van der Waals surface area contributed by atoms with Crippen LogP contribution in [0.15, 0.2) is 16.7 Å². The number of hydrogen-bond acceptors (Lipinski definition) is 5. The number of hydrogen-bond donors (Lipinski definition) is 2. The Hall–Kier alpha value is -1.70. The number of aromatic nitrogens is 1. The van der Waals surface area contributed by atoms with E-state index in [0.717, 1.165) is 0 Å². The molecule has 1 aromatic heterocycles. The van der Waals surface area contributed by atoms with E-state index < -0.39 is 4.92 Å². The van der Waals surface area contributed by atoms with E-state index in [4.69, 9.17) is 0 Å². The Morgan fingerprint density at radius 1 is 1.50 bits per heavy atom. The summed E-state index contributed by atoms with van der Waals surface area (Å²) in [5.74, 6) is 0.405. The van der Waals surface area contributed by atoms with Crippen molar-refractivity contribution < 1.29 is 9.72 Å². The molecule has 0 fully saturated rings. The molecular weight excluding hydrogens is 328 g/mol. The lowest BCUT2D eigenvalue weighted by molar-refractivity contribution is -0.385. The molecule has 0 aliphatic heterocycles. The maximum atomic E-state index is 11.6. The summed E-state index contributed by atoms with van der Waals surface area (Å²) in [6, 6.07) is 1.37. The van der Waals surface area contributed by atoms with Crippen LogP contribution in [0.4, 0.5) is 11.5 Å². The van der Waals surface area contributed by atoms with E-state index in [1.807, 2.05) is 20.8 Å². The molecule has 0 bridgehead atoms. The minimum Gasteiger partial charge on any atom is -0.369 e. The van der Waals surface area contributed by atoms with Crippen LogP contribution in [0.1, 0.15) is 27.2 Å². The summed E-state index contributed by atoms with van der Waals surface area (Å²) in [7, 11) is 0. The van der Waals surface area contributed by atoms with Gasteiger partial charge in [-0.15, -0.1) is 0 Å². The molecule has 1 aromatic rings. The van der Waals surface area contributed by atoms with Gasteiger partial charge in [0.15, 0.2) is 0 Å². The third-order valence-electron chi connectivity index (χ3n) is 2.20. The number of anilines is 1. The first-order valence-corrected chi connectivity index (χ1v) is 6.83. The predicted octanol–water partition coefficient (Wildman–Crippen LogP) is 2.47. The summed E-state index contributed by atoms with van der Waals surface area (Å²) in [5.41, 5.74) is -0.351. The number of amides is 1. The molecule has 0 aliphatic rings. The van der Waals surface area contributed by atoms with E-state index in [0.29, 0.717) is 23.3 Å². The van der Waals surface area contributed by atoms with Crippen LogP contribution in [0.3, 0.4) is 0 Å². The van der Waals surface area contributed by atoms with Gasteiger partial charge in [-0.25, -0.2) is 4.98 Å². The zero-order chi connectivity index (χ0) is 15.3. The van der Waals surface area contributed by atoms with Crippen LogP contribution >= 0.6 is 15.9 Å². The van der Waals surface area contributed by atoms with Gasteiger partial charge in [-0.1, -0.05) is 0 Å². The summed E-state index contributed by atoms with van der Waals surface area (Å²) in [6.07, 6.45) is 1.46. The number of nitro groups is 1. The molecule has 7 nitrogen and oxygen atoms in total. The largest absolute Gasteiger partial charge is 0.369 e. The molecule has 0 radical (unpaired) electrons. The van der Waals surface area contributed by atoms with Crippen LogP contribution in [0.5, 0.6) is 0 Å². The van der Waals surface area contributed by atoms with Crippen molar-refractivity contribution >= 4 is 33.3 Å². The first-order chi connectivity index (χ1) is 9.19. The van der Waals surface area contributed by atoms with Gasteiger partial charge in [-0.05, 0) is 36.7 Å². The van der Waals surface area contributed by atoms with Crippen molar-refractivity contribution in [3.8, 4) is 0 Å². The van der Waals surface area contributed by atoms with E-state index in [1.165, 1.54) is 12.3 Å². The van der Waals surface area contributed by atoms with E-state index in [9.17, 15) is 14.9 Å². The molecule has 8 heteroatoms. The average Bonchev–Trinajstić information content (AvgIpc) is 2.28. The van der Waals surface area contributed by atoms with Crippen molar-refractivity contribution in [1.82, 2.24) is 10.3 Å². The minimum atomic E-state index is -0.516. The fourth-order valence-corrected chi connectivity index (χ4v) is 1.91. The maximum absolute atomic E-state index is 11.6. The second kappa shape index (κ2) is 6.65. The fraction of sp³-hybridized carbons (Fsp3) is 0.500. The zero-order valence-corrected chi connectivity index (χ0v) is 13.2. The van der Waals surface area contributed by atoms with Crippen LogP contribution in [-0.4, -0.2) is 27.9 Å². The minimum absolute atomic E-state index is 0.0666. The summed E-state index contributed by atoms with van der Waals surface area (Å²) in [5, 5.41) is 16.4. The Kier molecular flexibility index (Phi) is 5.43. The Morgan fingerprint density at radius 3 is 2.65 bits per heavy atom. The van der Waals surface area contributed by atoms with Gasteiger partial charge in [0.2, 0.25) is 5.91 Å². The summed E-state index contributed by atoms with van der Waals surface area (Å²) < 4.78 is 0.489. The smallest absolute Gasteiger partial charge is 0.288 e. The fourth-order valence-electron chi connectivity index (χ4n) is 1.43. The van der Waals surface area contributed by atoms with Crippen LogP contribution in [0, 0.1) is 10.1 Å². The number of nitrogens with zero attached hydrogens (tertiary/aromatic N) is 2. The highest BCUT2D eigenvalue weighted by molar-refractivity contribution is 9.10. The van der Waals surface area contributed by atoms with Gasteiger partial charge in [-0.3, -0.25) is 14.9 Å². The van der Waals surface area contributed by atoms with Gasteiger partial charge in [0, 0.05) is 24.6 Å². The third kappa shape index (κ3) is 5.52. The molecule has 0 spiro atoms. The Bertz CT molecular complexity index is 514. The standard InChI is InChI=1S/C12H17BrN4O3/c1-12(2,3)16-10(18)4-5-14-11-9(13)6-8(7-15-11)17(19)20/h6-7H,4-5H2,1-3H3,(H,14,15)(H,16,18). The van der Waals surface area contributed by atoms with Crippen molar-refractivity contribution in [3.05, 3.63) is 26.9 Å². The number of nitrogens with one attached hydrogen (secondary N) is 2. The molecule has 1 heterocycles. The topological polar surface area (TPSA) is 97.2 Å². The number of pyridine rings is 1. The molecule has 20 heavy (non-hydrogen) atoms. The molecule has 1 rings (SSSR count). The van der Waals surface area contributed by atoms with Crippen LogP contribution in [0.2, 0.25) is 0 Å². The maximum Gasteiger partial charge on any atom is 0.288 e. The van der Waals surface area contributed by atoms with Gasteiger partial charge >= 0.3 is 0 Å². The van der Waals surface area contributed by atoms with Crippen LogP contribution in [-0.2, 0) is 4.79 Å². The highest BCUT2D eigenvalue weighted by Crippen LogP contribution is 2.24. The van der Waals surface area contributed by atoms with Crippen LogP contribution < -0.4 is 10.6 Å². The number of rotatable bonds is 5. The molecule has 0 aromatic carbocycles. The average molecular weight is 345 g/mol. The quantitative estimate of drug-likeness (QED) is 0.631. The lowest BCUT2D eigenvalue weighted by Crippen LogP contribution is -2.41. The monoisotopic (exact) mass is 344 g/mol. The molecule has 0 aliphatic carbocycles. The molecule has 0 unspecified atom stereocenters. The first kappa shape index (κ1) is 16.4. The summed E-state index contributed by atoms with van der Waals surface area (Å²) >= 11 is 3.20. The second-order valence-electron chi connectivity index (χ2n) is 5.26. The molecule has 110 valence electrons. The van der Waals surface area contributed by atoms with E-state index >= 15 is 0 Å². The van der Waals surface area contributed by atoms with E-state index in [2.05, 4.69) is 31.5 Å². The van der Waals surface area contributed by atoms with E-state index in [1.54, 1.807) is 0 Å². The van der Waals surface area contributed by atoms with Crippen LogP contribution in [0.25, 0.3) is 0 Å². The van der Waals surface area contributed by atoms with Crippen molar-refractivity contribution in [1.29, 1.82) is 0 Å². The highest BCUT2D eigenvalue weighted by atomic mass is 79.9. The van der Waals surface area contributed by atoms with Crippen molar-refractivity contribution in [2.75, 3.05) is 11.9 Å². The second-order valence-corrected chi connectivity index (χ2v) is 6.11. The lowest BCUT2D eigenvalue weighted by Gasteiger charge is -2.20. The zero-order valence-electron chi connectivity index (χ0n) is 11.6. The summed E-state index contributed by atoms with van der Waals surface area (Å²) in [6.45, 7) is 6.12. The van der Waals surface area contributed by atoms with Gasteiger partial charge in [0.1, 0.15) is 12.0 Å². The SMILES string of the molecule is CC(C)(C)NC(=O)CCNc1ncc([N+](=O)[O-])cc1Br. The highest BCUT2D eigenvalue weighted by Gasteiger charge is 2.14. The van der Waals surface area contributed by atoms with Crippen molar-refractivity contribution in [2.45, 2.75) is 32.7 Å². The Balaban J connectivity index is 2.51. The predicted molar refractivity (Wildman–Crippen MR) is 79.6 cm³/mol. The number of halogens is 1. The lowest BCUT2D eigenvalue weighted by atomic mass is 10.1. The molecule has 0 saturated heterocycles. The van der Waals surface area contributed by atoms with Crippen molar-refractivity contribution in [3.63, 3.8) is 0 Å². The molecule has 2 N–H and O–H groups in total. The summed E-state index contributed by atoms with van der Waals surface area (Å²) in [4.78, 5) is 25.6. The van der Waals surface area contributed by atoms with Gasteiger partial charge in [0.25, 0.3) is 5.69 Å². The molecular formula is C12H17BrN4O3. The van der Waals surface area contributed by atoms with Crippen molar-refractivity contribution in [2.24, 2.45) is 0 Å². The Morgan fingerprint density at radius 2 is 2.15 bits per heavy atom. The third-order valence-corrected chi connectivity index (χ3v) is 2.80. The molecule has 1 amide bonds. The Labute approximate surface area is 125 Å². The number of carbonyl (C=O) groups is 1. The van der Waals surface area contributed by atoms with Gasteiger partial charge in [0.05, 0.1) is 9.40 Å². The van der Waals surface area contributed by atoms with E-state index in [-0.39, 0.29) is 17.1 Å². The van der Waals surface area contributed by atoms with Gasteiger partial charge < -0.3 is 10.6 Å². The van der Waals surface area contributed by atoms with Gasteiger partial charge in [-0.2, -0.15) is 0 Å².